The van der Waals surface area contributed by atoms with Crippen LogP contribution in [-0.2, 0) is 40.4 Å². The van der Waals surface area contributed by atoms with Crippen molar-refractivity contribution in [2.75, 3.05) is 11.1 Å². The fraction of sp³-hybridized carbons (Fsp3) is 0.724. The Labute approximate surface area is 227 Å². The number of hydrogen-bond donors (Lipinski definition) is 3. The standard InChI is InChI=1S/C29H43N3O5S/c1-27(2,3)37-26(34)30-23-15-20-12-13-29(23,16-28(20,4)5)17-38(35,36)32-25(33)31-24-21-10-6-8-18(21)14-19-9-7-11-22(19)24/h14,20,23H,6-13,15-17H2,1-5H3,(H,30,34)(H2,31,32,33)/t20?,23?,29-/m1/s1. The molecule has 1 aromatic carbocycles. The molecule has 2 bridgehead atoms. The Balaban J connectivity index is 1.33. The molecule has 210 valence electrons. The normalized spacial score (nSPS) is 27.4. The summed E-state index contributed by atoms with van der Waals surface area (Å²) < 4.78 is 34.8. The minimum atomic E-state index is -3.98. The van der Waals surface area contributed by atoms with Gasteiger partial charge in [0.1, 0.15) is 5.60 Å². The smallest absolute Gasteiger partial charge is 0.407 e. The molecule has 0 heterocycles. The van der Waals surface area contributed by atoms with E-state index in [0.717, 1.165) is 61.8 Å². The zero-order chi connectivity index (χ0) is 27.5. The molecule has 3 fully saturated rings. The van der Waals surface area contributed by atoms with Crippen molar-refractivity contribution in [1.82, 2.24) is 10.0 Å². The molecule has 0 aliphatic heterocycles. The summed E-state index contributed by atoms with van der Waals surface area (Å²) in [6.45, 7) is 9.78. The first-order chi connectivity index (χ1) is 17.7. The Morgan fingerprint density at radius 2 is 1.68 bits per heavy atom. The van der Waals surface area contributed by atoms with Gasteiger partial charge in [0.2, 0.25) is 10.0 Å². The summed E-state index contributed by atoms with van der Waals surface area (Å²) in [5.74, 6) is 0.181. The van der Waals surface area contributed by atoms with E-state index >= 15 is 0 Å². The van der Waals surface area contributed by atoms with E-state index in [1.54, 1.807) is 0 Å². The SMILES string of the molecule is CC(C)(C)OC(=O)NC1CC2CC[C@]1(CS(=O)(=O)NC(=O)Nc1c3c(cc4c1CCC4)CCC3)CC2(C)C. The van der Waals surface area contributed by atoms with Crippen molar-refractivity contribution in [3.8, 4) is 0 Å². The van der Waals surface area contributed by atoms with E-state index in [4.69, 9.17) is 4.74 Å². The Morgan fingerprint density at radius 3 is 2.26 bits per heavy atom. The predicted molar refractivity (Wildman–Crippen MR) is 148 cm³/mol. The second-order valence-electron chi connectivity index (χ2n) is 13.7. The lowest BCUT2D eigenvalue weighted by Crippen LogP contribution is -2.62. The number of anilines is 1. The van der Waals surface area contributed by atoms with Gasteiger partial charge in [0.25, 0.3) is 0 Å². The number of fused-ring (bicyclic) bond motifs is 5. The number of hydrogen-bond acceptors (Lipinski definition) is 5. The minimum Gasteiger partial charge on any atom is -0.444 e. The molecule has 0 radical (unpaired) electrons. The number of alkyl carbamates (subject to hydrolysis) is 1. The number of aryl methyl sites for hydroxylation is 2. The summed E-state index contributed by atoms with van der Waals surface area (Å²) in [4.78, 5) is 25.8. The van der Waals surface area contributed by atoms with Crippen LogP contribution in [0.15, 0.2) is 6.07 Å². The molecule has 5 aliphatic carbocycles. The van der Waals surface area contributed by atoms with E-state index in [0.29, 0.717) is 25.2 Å². The number of sulfonamides is 1. The van der Waals surface area contributed by atoms with Crippen LogP contribution < -0.4 is 15.4 Å². The lowest BCUT2D eigenvalue weighted by molar-refractivity contribution is -0.0564. The number of carbonyl (C=O) groups is 2. The molecule has 3 amide bonds. The molecule has 1 aromatic rings. The molecule has 0 saturated heterocycles. The molecular formula is C29H43N3O5S. The quantitative estimate of drug-likeness (QED) is 0.469. The van der Waals surface area contributed by atoms with Gasteiger partial charge in [0.05, 0.1) is 5.75 Å². The lowest BCUT2D eigenvalue weighted by Gasteiger charge is -2.59. The molecular weight excluding hydrogens is 502 g/mol. The summed E-state index contributed by atoms with van der Waals surface area (Å²) in [7, 11) is -3.98. The van der Waals surface area contributed by atoms with Crippen molar-refractivity contribution in [2.45, 2.75) is 110 Å². The number of benzene rings is 1. The highest BCUT2D eigenvalue weighted by Gasteiger charge is 2.57. The van der Waals surface area contributed by atoms with E-state index < -0.39 is 33.2 Å². The minimum absolute atomic E-state index is 0.0483. The molecule has 3 N–H and O–H groups in total. The van der Waals surface area contributed by atoms with Crippen LogP contribution in [0.1, 0.15) is 95.4 Å². The largest absolute Gasteiger partial charge is 0.444 e. The fourth-order valence-electron chi connectivity index (χ4n) is 7.81. The molecule has 3 atom stereocenters. The molecule has 2 unspecified atom stereocenters. The van der Waals surface area contributed by atoms with Crippen LogP contribution in [0.25, 0.3) is 0 Å². The van der Waals surface area contributed by atoms with Crippen LogP contribution >= 0.6 is 0 Å². The molecule has 0 aromatic heterocycles. The molecule has 0 spiro atoms. The van der Waals surface area contributed by atoms with Crippen LogP contribution in [0.2, 0.25) is 0 Å². The highest BCUT2D eigenvalue weighted by Crippen LogP contribution is 2.59. The second-order valence-corrected chi connectivity index (χ2v) is 15.5. The lowest BCUT2D eigenvalue weighted by atomic mass is 9.49. The molecule has 6 rings (SSSR count). The van der Waals surface area contributed by atoms with Crippen molar-refractivity contribution >= 4 is 27.8 Å². The fourth-order valence-corrected chi connectivity index (χ4v) is 9.42. The number of nitrogens with one attached hydrogen (secondary N) is 3. The highest BCUT2D eigenvalue weighted by atomic mass is 32.2. The van der Waals surface area contributed by atoms with Crippen LogP contribution in [0, 0.1) is 16.7 Å². The van der Waals surface area contributed by atoms with Gasteiger partial charge < -0.3 is 15.4 Å². The maximum atomic E-state index is 13.5. The van der Waals surface area contributed by atoms with Gasteiger partial charge in [-0.3, -0.25) is 0 Å². The first-order valence-electron chi connectivity index (χ1n) is 14.1. The maximum Gasteiger partial charge on any atom is 0.407 e. The van der Waals surface area contributed by atoms with Crippen LogP contribution in [0.5, 0.6) is 0 Å². The Hall–Kier alpha value is -2.29. The number of carbonyl (C=O) groups excluding carboxylic acids is 2. The third-order valence-corrected chi connectivity index (χ3v) is 10.7. The van der Waals surface area contributed by atoms with E-state index in [9.17, 15) is 18.0 Å². The Morgan fingerprint density at radius 1 is 1.05 bits per heavy atom. The zero-order valence-electron chi connectivity index (χ0n) is 23.5. The maximum absolute atomic E-state index is 13.5. The number of urea groups is 1. The van der Waals surface area contributed by atoms with Crippen molar-refractivity contribution in [2.24, 2.45) is 16.7 Å². The van der Waals surface area contributed by atoms with Crippen molar-refractivity contribution in [3.05, 3.63) is 28.3 Å². The van der Waals surface area contributed by atoms with Gasteiger partial charge in [0.15, 0.2) is 0 Å². The first kappa shape index (κ1) is 27.3. The molecule has 38 heavy (non-hydrogen) atoms. The van der Waals surface area contributed by atoms with Gasteiger partial charge in [-0.25, -0.2) is 22.7 Å². The molecule has 5 aliphatic rings. The Kier molecular flexibility index (Phi) is 6.76. The van der Waals surface area contributed by atoms with Gasteiger partial charge in [0, 0.05) is 17.1 Å². The Bertz CT molecular complexity index is 1220. The number of ether oxygens (including phenoxy) is 1. The summed E-state index contributed by atoms with van der Waals surface area (Å²) in [6, 6.07) is 1.25. The van der Waals surface area contributed by atoms with E-state index in [1.165, 1.54) is 11.1 Å². The molecule has 8 nitrogen and oxygen atoms in total. The van der Waals surface area contributed by atoms with Crippen LogP contribution in [0.3, 0.4) is 0 Å². The number of rotatable bonds is 5. The van der Waals surface area contributed by atoms with Gasteiger partial charge in [-0.15, -0.1) is 0 Å². The third-order valence-electron chi connectivity index (χ3n) is 9.29. The third kappa shape index (κ3) is 5.40. The van der Waals surface area contributed by atoms with Crippen molar-refractivity contribution in [1.29, 1.82) is 0 Å². The summed E-state index contributed by atoms with van der Waals surface area (Å²) in [5.41, 5.74) is 4.33. The highest BCUT2D eigenvalue weighted by molar-refractivity contribution is 7.90. The molecule has 9 heteroatoms. The van der Waals surface area contributed by atoms with E-state index in [2.05, 4.69) is 35.3 Å². The summed E-state index contributed by atoms with van der Waals surface area (Å²) >= 11 is 0. The average molecular weight is 546 g/mol. The van der Waals surface area contributed by atoms with Crippen molar-refractivity contribution in [3.63, 3.8) is 0 Å². The molecule has 3 saturated carbocycles. The average Bonchev–Trinajstić information content (AvgIpc) is 3.41. The summed E-state index contributed by atoms with van der Waals surface area (Å²) in [5, 5.41) is 5.95. The van der Waals surface area contributed by atoms with E-state index in [-0.39, 0.29) is 17.2 Å². The van der Waals surface area contributed by atoms with Crippen LogP contribution in [-0.4, -0.2) is 37.9 Å². The monoisotopic (exact) mass is 545 g/mol. The van der Waals surface area contributed by atoms with Crippen molar-refractivity contribution < 1.29 is 22.7 Å². The topological polar surface area (TPSA) is 114 Å². The second kappa shape index (κ2) is 9.42. The first-order valence-corrected chi connectivity index (χ1v) is 15.8. The van der Waals surface area contributed by atoms with Gasteiger partial charge >= 0.3 is 12.1 Å². The van der Waals surface area contributed by atoms with Crippen LogP contribution in [0.4, 0.5) is 15.3 Å². The zero-order valence-corrected chi connectivity index (χ0v) is 24.3. The number of amides is 3. The summed E-state index contributed by atoms with van der Waals surface area (Å²) in [6.07, 6.45) is 8.35. The predicted octanol–water partition coefficient (Wildman–Crippen LogP) is 5.23. The van der Waals surface area contributed by atoms with Gasteiger partial charge in [-0.05, 0) is 119 Å². The van der Waals surface area contributed by atoms with E-state index in [1.807, 2.05) is 20.8 Å². The van der Waals surface area contributed by atoms with Gasteiger partial charge in [-0.1, -0.05) is 19.9 Å². The van der Waals surface area contributed by atoms with Gasteiger partial charge in [-0.2, -0.15) is 0 Å².